The number of sulfonamides is 1. The molecule has 0 amide bonds. The molecule has 1 rings (SSSR count). The van der Waals surface area contributed by atoms with Gasteiger partial charge >= 0.3 is 0 Å². The van der Waals surface area contributed by atoms with Gasteiger partial charge in [0, 0.05) is 28.2 Å². The Labute approximate surface area is 125 Å². The van der Waals surface area contributed by atoms with Gasteiger partial charge in [-0.25, -0.2) is 13.1 Å². The quantitative estimate of drug-likeness (QED) is 0.748. The van der Waals surface area contributed by atoms with Gasteiger partial charge in [0.25, 0.3) is 0 Å². The van der Waals surface area contributed by atoms with Crippen LogP contribution in [-0.4, -0.2) is 24.8 Å². The summed E-state index contributed by atoms with van der Waals surface area (Å²) in [5.41, 5.74) is 0. The van der Waals surface area contributed by atoms with Gasteiger partial charge in [0.2, 0.25) is 10.0 Å². The Bertz CT molecular complexity index is 492. The zero-order valence-electron chi connectivity index (χ0n) is 10.2. The van der Waals surface area contributed by atoms with E-state index < -0.39 is 10.0 Å². The number of hydrogen-bond donors (Lipinski definition) is 1. The highest BCUT2D eigenvalue weighted by Gasteiger charge is 2.20. The van der Waals surface area contributed by atoms with Crippen LogP contribution in [0.25, 0.3) is 0 Å². The fourth-order valence-electron chi connectivity index (χ4n) is 1.54. The first kappa shape index (κ1) is 16.1. The molecule has 0 fully saturated rings. The van der Waals surface area contributed by atoms with Gasteiger partial charge in [-0.3, -0.25) is 4.98 Å². The first-order chi connectivity index (χ1) is 8.35. The van der Waals surface area contributed by atoms with Crippen LogP contribution in [0.1, 0.15) is 20.3 Å². The van der Waals surface area contributed by atoms with Gasteiger partial charge in [-0.1, -0.05) is 29.8 Å². The molecular formula is C11H16Br2N2O2S. The zero-order valence-corrected chi connectivity index (χ0v) is 14.2. The van der Waals surface area contributed by atoms with E-state index in [1.807, 2.05) is 0 Å². The molecule has 1 N–H and O–H groups in total. The van der Waals surface area contributed by atoms with E-state index in [4.69, 9.17) is 0 Å². The molecule has 0 bridgehead atoms. The average Bonchev–Trinajstić information content (AvgIpc) is 2.27. The molecule has 1 unspecified atom stereocenters. The van der Waals surface area contributed by atoms with Crippen LogP contribution in [0, 0.1) is 5.92 Å². The molecule has 4 nitrogen and oxygen atoms in total. The zero-order chi connectivity index (χ0) is 13.8. The van der Waals surface area contributed by atoms with Crippen molar-refractivity contribution in [2.75, 3.05) is 5.33 Å². The monoisotopic (exact) mass is 398 g/mol. The van der Waals surface area contributed by atoms with Gasteiger partial charge in [-0.2, -0.15) is 0 Å². The van der Waals surface area contributed by atoms with E-state index in [1.165, 1.54) is 12.3 Å². The van der Waals surface area contributed by atoms with Crippen molar-refractivity contribution in [3.8, 4) is 0 Å². The minimum atomic E-state index is -3.51. The number of alkyl halides is 1. The standard InChI is InChI=1S/C11H16Br2N2O2S/c1-8(2)3-10(5-12)15-18(16,17)11-4-9(13)6-14-7-11/h4,6-8,10,15H,3,5H2,1-2H3. The molecule has 0 radical (unpaired) electrons. The second-order valence-electron chi connectivity index (χ2n) is 4.44. The minimum Gasteiger partial charge on any atom is -0.262 e. The van der Waals surface area contributed by atoms with Crippen LogP contribution in [0.2, 0.25) is 0 Å². The average molecular weight is 400 g/mol. The second kappa shape index (κ2) is 6.98. The number of pyridine rings is 1. The lowest BCUT2D eigenvalue weighted by Gasteiger charge is -2.18. The maximum Gasteiger partial charge on any atom is 0.242 e. The molecule has 0 aliphatic heterocycles. The largest absolute Gasteiger partial charge is 0.262 e. The molecule has 0 saturated heterocycles. The molecule has 0 spiro atoms. The lowest BCUT2D eigenvalue weighted by molar-refractivity contribution is 0.488. The molecule has 0 aromatic carbocycles. The van der Waals surface area contributed by atoms with Crippen molar-refractivity contribution < 1.29 is 8.42 Å². The van der Waals surface area contributed by atoms with Crippen molar-refractivity contribution in [3.63, 3.8) is 0 Å². The number of nitrogens with zero attached hydrogens (tertiary/aromatic N) is 1. The Balaban J connectivity index is 2.87. The van der Waals surface area contributed by atoms with E-state index >= 15 is 0 Å². The Morgan fingerprint density at radius 1 is 1.39 bits per heavy atom. The van der Waals surface area contributed by atoms with Crippen LogP contribution in [0.15, 0.2) is 27.8 Å². The van der Waals surface area contributed by atoms with Crippen molar-refractivity contribution >= 4 is 41.9 Å². The van der Waals surface area contributed by atoms with E-state index in [1.54, 1.807) is 6.20 Å². The van der Waals surface area contributed by atoms with Gasteiger partial charge < -0.3 is 0 Å². The summed E-state index contributed by atoms with van der Waals surface area (Å²) in [6, 6.07) is 1.42. The Morgan fingerprint density at radius 3 is 2.56 bits per heavy atom. The van der Waals surface area contributed by atoms with E-state index in [2.05, 4.69) is 55.4 Å². The lowest BCUT2D eigenvalue weighted by Crippen LogP contribution is -2.37. The third-order valence-electron chi connectivity index (χ3n) is 2.25. The minimum absolute atomic E-state index is 0.117. The van der Waals surface area contributed by atoms with Crippen molar-refractivity contribution in [3.05, 3.63) is 22.9 Å². The van der Waals surface area contributed by atoms with Crippen LogP contribution < -0.4 is 4.72 Å². The maximum absolute atomic E-state index is 12.1. The fourth-order valence-corrected chi connectivity index (χ4v) is 3.93. The molecule has 1 aromatic rings. The summed E-state index contributed by atoms with van der Waals surface area (Å²) in [4.78, 5) is 4.04. The predicted octanol–water partition coefficient (Wildman–Crippen LogP) is 2.93. The van der Waals surface area contributed by atoms with E-state index in [0.29, 0.717) is 15.7 Å². The molecule has 0 saturated carbocycles. The lowest BCUT2D eigenvalue weighted by atomic mass is 10.1. The number of hydrogen-bond acceptors (Lipinski definition) is 3. The molecular weight excluding hydrogens is 384 g/mol. The summed E-state index contributed by atoms with van der Waals surface area (Å²) in [6.07, 6.45) is 3.68. The highest BCUT2D eigenvalue weighted by Crippen LogP contribution is 2.16. The van der Waals surface area contributed by atoms with Gasteiger partial charge in [0.15, 0.2) is 0 Å². The highest BCUT2D eigenvalue weighted by molar-refractivity contribution is 9.10. The molecule has 7 heteroatoms. The Hall–Kier alpha value is 0.0200. The van der Waals surface area contributed by atoms with Crippen LogP contribution >= 0.6 is 31.9 Å². The first-order valence-corrected chi connectivity index (χ1v) is 8.93. The Kier molecular flexibility index (Phi) is 6.23. The number of rotatable bonds is 6. The smallest absolute Gasteiger partial charge is 0.242 e. The van der Waals surface area contributed by atoms with Crippen LogP contribution in [0.5, 0.6) is 0 Å². The van der Waals surface area contributed by atoms with Crippen molar-refractivity contribution in [2.45, 2.75) is 31.2 Å². The Morgan fingerprint density at radius 2 is 2.06 bits per heavy atom. The third-order valence-corrected chi connectivity index (χ3v) is 4.96. The van der Waals surface area contributed by atoms with Crippen molar-refractivity contribution in [2.24, 2.45) is 5.92 Å². The van der Waals surface area contributed by atoms with Crippen LogP contribution in [0.4, 0.5) is 0 Å². The molecule has 18 heavy (non-hydrogen) atoms. The summed E-state index contributed by atoms with van der Waals surface area (Å²) in [5, 5.41) is 0.589. The van der Waals surface area contributed by atoms with Crippen LogP contribution in [0.3, 0.4) is 0 Å². The third kappa shape index (κ3) is 4.95. The summed E-state index contributed by atoms with van der Waals surface area (Å²) < 4.78 is 27.6. The maximum atomic E-state index is 12.1. The highest BCUT2D eigenvalue weighted by atomic mass is 79.9. The SMILES string of the molecule is CC(C)CC(CBr)NS(=O)(=O)c1cncc(Br)c1. The van der Waals surface area contributed by atoms with Gasteiger partial charge in [0.05, 0.1) is 0 Å². The topological polar surface area (TPSA) is 59.1 Å². The van der Waals surface area contributed by atoms with Gasteiger partial charge in [-0.15, -0.1) is 0 Å². The fraction of sp³-hybridized carbons (Fsp3) is 0.545. The summed E-state index contributed by atoms with van der Waals surface area (Å²) in [6.45, 7) is 4.12. The number of nitrogens with one attached hydrogen (secondary N) is 1. The van der Waals surface area contributed by atoms with E-state index in [0.717, 1.165) is 6.42 Å². The first-order valence-electron chi connectivity index (χ1n) is 5.54. The van der Waals surface area contributed by atoms with Crippen molar-refractivity contribution in [1.82, 2.24) is 9.71 Å². The molecule has 0 aliphatic rings. The van der Waals surface area contributed by atoms with Crippen LogP contribution in [-0.2, 0) is 10.0 Å². The number of halogens is 2. The summed E-state index contributed by atoms with van der Waals surface area (Å²) in [5.74, 6) is 0.427. The predicted molar refractivity (Wildman–Crippen MR) is 79.3 cm³/mol. The van der Waals surface area contributed by atoms with E-state index in [-0.39, 0.29) is 10.9 Å². The molecule has 1 atom stereocenters. The molecule has 1 heterocycles. The molecule has 102 valence electrons. The van der Waals surface area contributed by atoms with E-state index in [9.17, 15) is 8.42 Å². The van der Waals surface area contributed by atoms with Gasteiger partial charge in [-0.05, 0) is 34.3 Å². The second-order valence-corrected chi connectivity index (χ2v) is 7.72. The van der Waals surface area contributed by atoms with Gasteiger partial charge in [0.1, 0.15) is 4.90 Å². The normalized spacial score (nSPS) is 13.8. The number of aromatic nitrogens is 1. The van der Waals surface area contributed by atoms with Crippen molar-refractivity contribution in [1.29, 1.82) is 0 Å². The summed E-state index contributed by atoms with van der Waals surface area (Å²) in [7, 11) is -3.51. The summed E-state index contributed by atoms with van der Waals surface area (Å²) >= 11 is 6.55. The molecule has 1 aromatic heterocycles. The molecule has 0 aliphatic carbocycles.